The summed E-state index contributed by atoms with van der Waals surface area (Å²) in [5.74, 6) is 0.468. The summed E-state index contributed by atoms with van der Waals surface area (Å²) in [6.07, 6.45) is 3.41. The fraction of sp³-hybridized carbons (Fsp3) is 0.818. The minimum atomic E-state index is -0.0279. The first-order valence-electron chi connectivity index (χ1n) is 5.57. The number of carbonyl (C=O) groups excluding carboxylic acids is 1. The standard InChI is InChI=1S/C11H16N2O2/c12-5-4-11(14)13-6-7-15-8-9-2-1-3-10(9)13/h9-10H,1-4,6-8H2/t9-,10-/m1/s1. The summed E-state index contributed by atoms with van der Waals surface area (Å²) in [5.41, 5.74) is 0. The lowest BCUT2D eigenvalue weighted by molar-refractivity contribution is -0.132. The van der Waals surface area contributed by atoms with Crippen molar-refractivity contribution in [2.45, 2.75) is 31.7 Å². The van der Waals surface area contributed by atoms with Gasteiger partial charge in [0.15, 0.2) is 0 Å². The van der Waals surface area contributed by atoms with Crippen LogP contribution in [0.25, 0.3) is 0 Å². The van der Waals surface area contributed by atoms with Gasteiger partial charge >= 0.3 is 0 Å². The van der Waals surface area contributed by atoms with Gasteiger partial charge in [0.25, 0.3) is 0 Å². The van der Waals surface area contributed by atoms with Crippen LogP contribution < -0.4 is 0 Å². The molecule has 4 nitrogen and oxygen atoms in total. The molecule has 0 radical (unpaired) electrons. The van der Waals surface area contributed by atoms with E-state index in [9.17, 15) is 4.79 Å². The highest BCUT2D eigenvalue weighted by molar-refractivity contribution is 5.78. The molecule has 0 N–H and O–H groups in total. The van der Waals surface area contributed by atoms with Crippen LogP contribution in [0, 0.1) is 17.2 Å². The summed E-state index contributed by atoms with van der Waals surface area (Å²) in [6.45, 7) is 2.05. The Hall–Kier alpha value is -1.08. The van der Waals surface area contributed by atoms with E-state index in [2.05, 4.69) is 0 Å². The average molecular weight is 208 g/mol. The van der Waals surface area contributed by atoms with E-state index in [4.69, 9.17) is 10.00 Å². The molecule has 0 unspecified atom stereocenters. The highest BCUT2D eigenvalue weighted by atomic mass is 16.5. The first-order valence-corrected chi connectivity index (χ1v) is 5.57. The van der Waals surface area contributed by atoms with Gasteiger partial charge in [0.05, 0.1) is 19.3 Å². The maximum absolute atomic E-state index is 11.7. The van der Waals surface area contributed by atoms with Crippen LogP contribution in [-0.4, -0.2) is 36.6 Å². The van der Waals surface area contributed by atoms with Crippen molar-refractivity contribution >= 4 is 5.91 Å². The summed E-state index contributed by atoms with van der Waals surface area (Å²) in [7, 11) is 0. The summed E-state index contributed by atoms with van der Waals surface area (Å²) in [4.78, 5) is 13.6. The third-order valence-corrected chi connectivity index (χ3v) is 3.38. The van der Waals surface area contributed by atoms with Crippen LogP contribution in [0.15, 0.2) is 0 Å². The van der Waals surface area contributed by atoms with Crippen LogP contribution in [-0.2, 0) is 9.53 Å². The molecule has 1 saturated heterocycles. The first-order chi connectivity index (χ1) is 7.33. The Kier molecular flexibility index (Phi) is 3.22. The van der Waals surface area contributed by atoms with Gasteiger partial charge in [-0.2, -0.15) is 5.26 Å². The van der Waals surface area contributed by atoms with Crippen LogP contribution in [0.4, 0.5) is 0 Å². The zero-order valence-corrected chi connectivity index (χ0v) is 8.82. The fourth-order valence-electron chi connectivity index (χ4n) is 2.66. The Morgan fingerprint density at radius 2 is 2.40 bits per heavy atom. The van der Waals surface area contributed by atoms with Crippen LogP contribution in [0.2, 0.25) is 0 Å². The molecule has 0 aromatic carbocycles. The maximum Gasteiger partial charge on any atom is 0.237 e. The molecule has 2 rings (SSSR count). The zero-order valence-electron chi connectivity index (χ0n) is 8.82. The minimum absolute atomic E-state index is 0.00319. The highest BCUT2D eigenvalue weighted by Crippen LogP contribution is 2.31. The van der Waals surface area contributed by atoms with Gasteiger partial charge in [-0.15, -0.1) is 0 Å². The molecule has 82 valence electrons. The third kappa shape index (κ3) is 2.13. The van der Waals surface area contributed by atoms with Crippen LogP contribution in [0.3, 0.4) is 0 Å². The van der Waals surface area contributed by atoms with Crippen molar-refractivity contribution in [2.75, 3.05) is 19.8 Å². The Morgan fingerprint density at radius 1 is 1.53 bits per heavy atom. The van der Waals surface area contributed by atoms with Gasteiger partial charge in [-0.05, 0) is 12.8 Å². The number of hydrogen-bond acceptors (Lipinski definition) is 3. The predicted molar refractivity (Wildman–Crippen MR) is 53.9 cm³/mol. The summed E-state index contributed by atoms with van der Waals surface area (Å²) in [5, 5.41) is 8.55. The van der Waals surface area contributed by atoms with Gasteiger partial charge in [-0.1, -0.05) is 6.42 Å². The van der Waals surface area contributed by atoms with E-state index in [1.807, 2.05) is 11.0 Å². The second kappa shape index (κ2) is 4.63. The van der Waals surface area contributed by atoms with Crippen molar-refractivity contribution < 1.29 is 9.53 Å². The van der Waals surface area contributed by atoms with Gasteiger partial charge < -0.3 is 9.64 Å². The van der Waals surface area contributed by atoms with Crippen molar-refractivity contribution in [3.8, 4) is 6.07 Å². The summed E-state index contributed by atoms with van der Waals surface area (Å²) in [6, 6.07) is 2.26. The SMILES string of the molecule is N#CCC(=O)N1CCOC[C@H]2CCC[C@H]21. The second-order valence-corrected chi connectivity index (χ2v) is 4.26. The Balaban J connectivity index is 2.07. The molecule has 1 saturated carbocycles. The van der Waals surface area contributed by atoms with Crippen molar-refractivity contribution in [2.24, 2.45) is 5.92 Å². The molecule has 0 bridgehead atoms. The molecular weight excluding hydrogens is 192 g/mol. The average Bonchev–Trinajstić information content (AvgIpc) is 2.58. The number of rotatable bonds is 1. The lowest BCUT2D eigenvalue weighted by atomic mass is 10.0. The smallest absolute Gasteiger partial charge is 0.237 e. The highest BCUT2D eigenvalue weighted by Gasteiger charge is 2.36. The molecule has 1 heterocycles. The van der Waals surface area contributed by atoms with E-state index in [-0.39, 0.29) is 12.3 Å². The number of carbonyl (C=O) groups is 1. The minimum Gasteiger partial charge on any atom is -0.379 e. The first kappa shape index (κ1) is 10.4. The van der Waals surface area contributed by atoms with E-state index in [0.717, 1.165) is 19.4 Å². The number of fused-ring (bicyclic) bond motifs is 1. The van der Waals surface area contributed by atoms with E-state index < -0.39 is 0 Å². The molecule has 2 aliphatic rings. The molecule has 2 atom stereocenters. The molecule has 15 heavy (non-hydrogen) atoms. The van der Waals surface area contributed by atoms with Crippen LogP contribution >= 0.6 is 0 Å². The number of nitrogens with zero attached hydrogens (tertiary/aromatic N) is 2. The largest absolute Gasteiger partial charge is 0.379 e. The molecular formula is C11H16N2O2. The number of hydrogen-bond donors (Lipinski definition) is 0. The summed E-state index contributed by atoms with van der Waals surface area (Å²) >= 11 is 0. The van der Waals surface area contributed by atoms with Gasteiger partial charge in [-0.3, -0.25) is 4.79 Å². The Labute approximate surface area is 89.8 Å². The van der Waals surface area contributed by atoms with Crippen molar-refractivity contribution in [3.63, 3.8) is 0 Å². The van der Waals surface area contributed by atoms with E-state index in [0.29, 0.717) is 25.1 Å². The molecule has 4 heteroatoms. The van der Waals surface area contributed by atoms with Gasteiger partial charge in [0, 0.05) is 18.5 Å². The lowest BCUT2D eigenvalue weighted by Crippen LogP contribution is -2.42. The number of ether oxygens (including phenoxy) is 1. The van der Waals surface area contributed by atoms with Crippen molar-refractivity contribution in [1.82, 2.24) is 4.90 Å². The topological polar surface area (TPSA) is 53.3 Å². The molecule has 0 spiro atoms. The fourth-order valence-corrected chi connectivity index (χ4v) is 2.66. The maximum atomic E-state index is 11.7. The van der Waals surface area contributed by atoms with Crippen LogP contribution in [0.1, 0.15) is 25.7 Å². The number of amides is 1. The predicted octanol–water partition coefficient (Wildman–Crippen LogP) is 0.928. The summed E-state index contributed by atoms with van der Waals surface area (Å²) < 4.78 is 5.49. The molecule has 0 aromatic rings. The van der Waals surface area contributed by atoms with E-state index >= 15 is 0 Å². The van der Waals surface area contributed by atoms with Crippen molar-refractivity contribution in [1.29, 1.82) is 5.26 Å². The normalized spacial score (nSPS) is 30.5. The third-order valence-electron chi connectivity index (χ3n) is 3.38. The monoisotopic (exact) mass is 208 g/mol. The van der Waals surface area contributed by atoms with Crippen molar-refractivity contribution in [3.05, 3.63) is 0 Å². The Morgan fingerprint density at radius 3 is 3.20 bits per heavy atom. The molecule has 0 aromatic heterocycles. The van der Waals surface area contributed by atoms with E-state index in [1.165, 1.54) is 6.42 Å². The van der Waals surface area contributed by atoms with Gasteiger partial charge in [0.1, 0.15) is 6.42 Å². The molecule has 1 aliphatic heterocycles. The van der Waals surface area contributed by atoms with E-state index in [1.54, 1.807) is 0 Å². The van der Waals surface area contributed by atoms with Crippen LogP contribution in [0.5, 0.6) is 0 Å². The molecule has 1 amide bonds. The number of nitriles is 1. The second-order valence-electron chi connectivity index (χ2n) is 4.26. The Bertz CT molecular complexity index is 285. The molecule has 2 fully saturated rings. The molecule has 1 aliphatic carbocycles. The van der Waals surface area contributed by atoms with Gasteiger partial charge in [0.2, 0.25) is 5.91 Å². The lowest BCUT2D eigenvalue weighted by Gasteiger charge is -2.29. The van der Waals surface area contributed by atoms with Gasteiger partial charge in [-0.25, -0.2) is 0 Å². The quantitative estimate of drug-likeness (QED) is 0.644. The zero-order chi connectivity index (χ0) is 10.7.